The van der Waals surface area contributed by atoms with Gasteiger partial charge < -0.3 is 13.6 Å². The van der Waals surface area contributed by atoms with E-state index in [9.17, 15) is 0 Å². The second-order valence-corrected chi connectivity index (χ2v) is 18.0. The largest absolute Gasteiger partial charge is 0.456 e. The first-order chi connectivity index (χ1) is 34.2. The Morgan fingerprint density at radius 3 is 1.77 bits per heavy atom. The summed E-state index contributed by atoms with van der Waals surface area (Å²) in [6, 6.07) is 79.8. The number of nitrogens with zero attached hydrogens (tertiary/aromatic N) is 5. The fraction of sp³-hybridized carbons (Fsp3) is 0. The van der Waals surface area contributed by atoms with Crippen molar-refractivity contribution >= 4 is 97.9 Å². The van der Waals surface area contributed by atoms with Crippen LogP contribution in [-0.2, 0) is 0 Å². The van der Waals surface area contributed by atoms with E-state index in [1.165, 1.54) is 32.3 Å². The number of rotatable bonds is 5. The van der Waals surface area contributed by atoms with Crippen molar-refractivity contribution in [3.63, 3.8) is 0 Å². The van der Waals surface area contributed by atoms with E-state index in [1.54, 1.807) is 0 Å². The summed E-state index contributed by atoms with van der Waals surface area (Å²) < 4.78 is 11.5. The smallest absolute Gasteiger partial charge is 0.166 e. The maximum absolute atomic E-state index is 6.72. The minimum atomic E-state index is 0.542. The lowest BCUT2D eigenvalue weighted by molar-refractivity contribution is 0.669. The van der Waals surface area contributed by atoms with Crippen molar-refractivity contribution < 1.29 is 4.42 Å². The highest BCUT2D eigenvalue weighted by atomic mass is 16.3. The van der Waals surface area contributed by atoms with Gasteiger partial charge in [-0.1, -0.05) is 158 Å². The van der Waals surface area contributed by atoms with Crippen LogP contribution < -0.4 is 0 Å². The Labute approximate surface area is 394 Å². The highest BCUT2D eigenvalue weighted by Crippen LogP contribution is 2.44. The van der Waals surface area contributed by atoms with Crippen LogP contribution in [0.4, 0.5) is 0 Å². The number of furan rings is 1. The van der Waals surface area contributed by atoms with E-state index in [0.717, 1.165) is 93.6 Å². The molecule has 0 unspecified atom stereocenters. The van der Waals surface area contributed by atoms with Crippen LogP contribution in [0.25, 0.3) is 143 Å². The zero-order valence-corrected chi connectivity index (χ0v) is 37.0. The molecule has 0 aliphatic carbocycles. The number of benzene rings is 11. The lowest BCUT2D eigenvalue weighted by atomic mass is 10.0. The van der Waals surface area contributed by atoms with Crippen molar-refractivity contribution in [2.75, 3.05) is 0 Å². The van der Waals surface area contributed by atoms with Gasteiger partial charge >= 0.3 is 0 Å². The van der Waals surface area contributed by atoms with Gasteiger partial charge in [0.1, 0.15) is 11.2 Å². The first-order valence-corrected chi connectivity index (χ1v) is 23.3. The number of hydrogen-bond acceptors (Lipinski definition) is 4. The van der Waals surface area contributed by atoms with Gasteiger partial charge in [-0.3, -0.25) is 0 Å². The van der Waals surface area contributed by atoms with Gasteiger partial charge in [0, 0.05) is 54.7 Å². The predicted molar refractivity (Wildman–Crippen MR) is 285 cm³/mol. The van der Waals surface area contributed by atoms with Gasteiger partial charge in [-0.25, -0.2) is 15.0 Å². The van der Waals surface area contributed by atoms with Crippen molar-refractivity contribution in [2.24, 2.45) is 0 Å². The lowest BCUT2D eigenvalue weighted by Gasteiger charge is -2.16. The van der Waals surface area contributed by atoms with Gasteiger partial charge in [0.25, 0.3) is 0 Å². The van der Waals surface area contributed by atoms with Gasteiger partial charge in [0.2, 0.25) is 0 Å². The molecule has 11 aromatic carbocycles. The molecule has 15 aromatic rings. The van der Waals surface area contributed by atoms with Crippen molar-refractivity contribution in [3.05, 3.63) is 224 Å². The molecule has 0 fully saturated rings. The third kappa shape index (κ3) is 5.69. The molecule has 6 heteroatoms. The summed E-state index contributed by atoms with van der Waals surface area (Å²) in [6.07, 6.45) is 0. The zero-order valence-electron chi connectivity index (χ0n) is 37.0. The van der Waals surface area contributed by atoms with E-state index in [-0.39, 0.29) is 0 Å². The van der Waals surface area contributed by atoms with Gasteiger partial charge in [0.15, 0.2) is 17.5 Å². The van der Waals surface area contributed by atoms with E-state index in [4.69, 9.17) is 19.4 Å². The Kier molecular flexibility index (Phi) is 7.97. The highest BCUT2D eigenvalue weighted by molar-refractivity contribution is 6.24. The van der Waals surface area contributed by atoms with Crippen molar-refractivity contribution in [2.45, 2.75) is 0 Å². The first-order valence-electron chi connectivity index (χ1n) is 23.3. The van der Waals surface area contributed by atoms with Crippen LogP contribution in [0.3, 0.4) is 0 Å². The second kappa shape index (κ2) is 14.6. The van der Waals surface area contributed by atoms with Crippen molar-refractivity contribution in [1.82, 2.24) is 24.1 Å². The monoisotopic (exact) mass is 879 g/mol. The minimum absolute atomic E-state index is 0.542. The molecule has 6 nitrogen and oxygen atoms in total. The van der Waals surface area contributed by atoms with Crippen LogP contribution in [0.1, 0.15) is 0 Å². The Morgan fingerprint density at radius 2 is 0.928 bits per heavy atom. The summed E-state index contributed by atoms with van der Waals surface area (Å²) in [5.41, 5.74) is 10.6. The Hall–Kier alpha value is -9.39. The van der Waals surface area contributed by atoms with Crippen LogP contribution in [0.2, 0.25) is 0 Å². The van der Waals surface area contributed by atoms with E-state index in [2.05, 4.69) is 221 Å². The molecule has 0 radical (unpaired) electrons. The second-order valence-electron chi connectivity index (χ2n) is 18.0. The van der Waals surface area contributed by atoms with Crippen molar-refractivity contribution in [3.8, 4) is 45.5 Å². The molecule has 0 aliphatic rings. The van der Waals surface area contributed by atoms with Gasteiger partial charge in [-0.15, -0.1) is 0 Å². The molecule has 0 bridgehead atoms. The van der Waals surface area contributed by atoms with Crippen molar-refractivity contribution in [1.29, 1.82) is 0 Å². The normalized spacial score (nSPS) is 12.1. The van der Waals surface area contributed by atoms with Crippen LogP contribution in [0, 0.1) is 0 Å². The Morgan fingerprint density at radius 1 is 0.304 bits per heavy atom. The zero-order chi connectivity index (χ0) is 45.2. The third-order valence-corrected chi connectivity index (χ3v) is 14.1. The van der Waals surface area contributed by atoms with E-state index < -0.39 is 0 Å². The molecule has 0 atom stereocenters. The molecule has 0 saturated heterocycles. The average Bonchev–Trinajstić information content (AvgIpc) is 4.07. The number of para-hydroxylation sites is 3. The van der Waals surface area contributed by atoms with Crippen LogP contribution in [-0.4, -0.2) is 24.1 Å². The fourth-order valence-corrected chi connectivity index (χ4v) is 11.0. The summed E-state index contributed by atoms with van der Waals surface area (Å²) in [5.74, 6) is 1.71. The maximum atomic E-state index is 6.72. The molecule has 320 valence electrons. The van der Waals surface area contributed by atoms with E-state index in [1.807, 2.05) is 12.1 Å². The quantitative estimate of drug-likeness (QED) is 0.173. The fourth-order valence-electron chi connectivity index (χ4n) is 11.0. The summed E-state index contributed by atoms with van der Waals surface area (Å²) in [6.45, 7) is 0. The number of aromatic nitrogens is 5. The molecule has 0 saturated carbocycles. The molecule has 0 N–H and O–H groups in total. The first kappa shape index (κ1) is 37.8. The molecule has 69 heavy (non-hydrogen) atoms. The van der Waals surface area contributed by atoms with Crippen LogP contribution in [0.15, 0.2) is 229 Å². The molecule has 4 aromatic heterocycles. The summed E-state index contributed by atoms with van der Waals surface area (Å²) in [4.78, 5) is 16.6. The molecule has 0 spiro atoms. The summed E-state index contributed by atoms with van der Waals surface area (Å²) >= 11 is 0. The molecule has 0 amide bonds. The van der Waals surface area contributed by atoms with E-state index >= 15 is 0 Å². The van der Waals surface area contributed by atoms with E-state index in [0.29, 0.717) is 17.5 Å². The maximum Gasteiger partial charge on any atom is 0.166 e. The molecule has 4 heterocycles. The molecular weight excluding hydrogens is 843 g/mol. The standard InChI is InChI=1S/C63H37N5O/c1-2-20-44(21-3-1)67-52-26-12-10-24-47(52)60-48(25-14-27-53(60)67)62-64-61(43-30-29-38-15-4-5-17-40(38)33-43)65-63(66-62)51-37-58-49(46-23-11-13-28-57(46)69-58)36-56(51)68-54-32-31-39-16-8-9-22-45(39)59(54)50-34-41-18-6-7-19-42(41)35-55(50)68/h1-37H. The van der Waals surface area contributed by atoms with Gasteiger partial charge in [0.05, 0.1) is 27.8 Å². The predicted octanol–water partition coefficient (Wildman–Crippen LogP) is 16.4. The van der Waals surface area contributed by atoms with Crippen LogP contribution in [0.5, 0.6) is 0 Å². The minimum Gasteiger partial charge on any atom is -0.456 e. The average molecular weight is 880 g/mol. The molecule has 15 rings (SSSR count). The molecular formula is C63H37N5O. The topological polar surface area (TPSA) is 61.7 Å². The summed E-state index contributed by atoms with van der Waals surface area (Å²) in [7, 11) is 0. The lowest BCUT2D eigenvalue weighted by Crippen LogP contribution is -2.04. The van der Waals surface area contributed by atoms with Gasteiger partial charge in [-0.2, -0.15) is 0 Å². The Bertz CT molecular complexity index is 4620. The summed E-state index contributed by atoms with van der Waals surface area (Å²) in [5, 5.41) is 13.7. The highest BCUT2D eigenvalue weighted by Gasteiger charge is 2.25. The third-order valence-electron chi connectivity index (χ3n) is 14.1. The molecule has 0 aliphatic heterocycles. The SMILES string of the molecule is c1ccc(-n2c3ccccc3c3c(-c4nc(-c5ccc6ccccc6c5)nc(-c5cc6oc7ccccc7c6cc5-n5c6cc7ccccc7cc6c6c7ccccc7ccc65)n4)cccc32)cc1. The Balaban J connectivity index is 1.08. The van der Waals surface area contributed by atoms with Crippen LogP contribution >= 0.6 is 0 Å². The number of hydrogen-bond donors (Lipinski definition) is 0. The number of fused-ring (bicyclic) bond motifs is 13. The van der Waals surface area contributed by atoms with Gasteiger partial charge in [-0.05, 0) is 99.0 Å².